The molecule has 4 rings (SSSR count). The smallest absolute Gasteiger partial charge is 0.238 e. The lowest BCUT2D eigenvalue weighted by Gasteiger charge is -2.35. The highest BCUT2D eigenvalue weighted by atomic mass is 79.9. The fraction of sp³-hybridized carbons (Fsp3) is 0.296. The number of aryl methyl sites for hydroxylation is 3. The molecule has 5 heteroatoms. The molecule has 0 aromatic heterocycles. The number of fused-ring (bicyclic) bond motifs is 1. The summed E-state index contributed by atoms with van der Waals surface area (Å²) in [7, 11) is 0. The van der Waals surface area contributed by atoms with Crippen molar-refractivity contribution in [3.63, 3.8) is 0 Å². The Morgan fingerprint density at radius 2 is 1.75 bits per heavy atom. The molecule has 0 fully saturated rings. The lowest BCUT2D eigenvalue weighted by Crippen LogP contribution is -2.47. The molecule has 1 atom stereocenters. The van der Waals surface area contributed by atoms with Crippen molar-refractivity contribution in [1.82, 2.24) is 9.62 Å². The minimum atomic E-state index is -0.197. The zero-order valence-corrected chi connectivity index (χ0v) is 21.2. The Morgan fingerprint density at radius 3 is 2.47 bits per heavy atom. The molecule has 1 heterocycles. The highest BCUT2D eigenvalue weighted by Crippen LogP contribution is 2.36. The van der Waals surface area contributed by atoms with Crippen LogP contribution in [-0.4, -0.2) is 22.8 Å². The molecular formula is C27H29BrN2OS. The van der Waals surface area contributed by atoms with Gasteiger partial charge in [-0.3, -0.25) is 4.79 Å². The number of amides is 1. The van der Waals surface area contributed by atoms with Crippen molar-refractivity contribution in [1.29, 1.82) is 0 Å². The fourth-order valence-corrected chi connectivity index (χ4v) is 5.97. The molecule has 32 heavy (non-hydrogen) atoms. The Bertz CT molecular complexity index is 1110. The summed E-state index contributed by atoms with van der Waals surface area (Å²) < 4.78 is 3.33. The topological polar surface area (TPSA) is 32.3 Å². The summed E-state index contributed by atoms with van der Waals surface area (Å²) >= 11 is 5.24. The first-order valence-electron chi connectivity index (χ1n) is 11.0. The molecule has 1 aliphatic rings. The van der Waals surface area contributed by atoms with Crippen molar-refractivity contribution in [3.05, 3.63) is 98.5 Å². The number of nitrogens with zero attached hydrogens (tertiary/aromatic N) is 1. The molecular weight excluding hydrogens is 480 g/mol. The average Bonchev–Trinajstić information content (AvgIpc) is 2.75. The largest absolute Gasteiger partial charge is 0.354 e. The van der Waals surface area contributed by atoms with Gasteiger partial charge in [-0.1, -0.05) is 70.0 Å². The van der Waals surface area contributed by atoms with E-state index in [1.165, 1.54) is 38.3 Å². The third-order valence-electron chi connectivity index (χ3n) is 5.92. The summed E-state index contributed by atoms with van der Waals surface area (Å²) in [5, 5.41) is 3.20. The number of nitrogens with one attached hydrogen (secondary N) is 1. The number of hydrogen-bond acceptors (Lipinski definition) is 3. The van der Waals surface area contributed by atoms with Crippen LogP contribution in [-0.2, 0) is 24.2 Å². The monoisotopic (exact) mass is 508 g/mol. The van der Waals surface area contributed by atoms with Crippen LogP contribution < -0.4 is 5.32 Å². The SMILES string of the molecule is Cc1cc(C)c(SN2Cc3ccccc3CC2C(=O)NCCc2cccc(Br)c2)c(C)c1. The van der Waals surface area contributed by atoms with Gasteiger partial charge in [-0.2, -0.15) is 0 Å². The standard InChI is InChI=1S/C27H29BrN2OS/c1-18-13-19(2)26(20(3)14-18)32-30-17-23-9-5-4-8-22(23)16-25(30)27(31)29-12-11-21-7-6-10-24(28)15-21/h4-10,13-15,25H,11-12,16-17H2,1-3H3,(H,29,31). The minimum Gasteiger partial charge on any atom is -0.354 e. The van der Waals surface area contributed by atoms with Crippen molar-refractivity contribution >= 4 is 33.8 Å². The van der Waals surface area contributed by atoms with Gasteiger partial charge in [0.25, 0.3) is 0 Å². The molecule has 1 N–H and O–H groups in total. The zero-order valence-electron chi connectivity index (χ0n) is 18.8. The number of carbonyl (C=O) groups excluding carboxylic acids is 1. The lowest BCUT2D eigenvalue weighted by molar-refractivity contribution is -0.125. The number of hydrogen-bond donors (Lipinski definition) is 1. The molecule has 1 unspecified atom stereocenters. The van der Waals surface area contributed by atoms with Crippen molar-refractivity contribution in [2.24, 2.45) is 0 Å². The summed E-state index contributed by atoms with van der Waals surface area (Å²) in [6, 6.07) is 21.0. The Labute approximate surface area is 203 Å². The first-order chi connectivity index (χ1) is 15.4. The Hall–Kier alpha value is -2.08. The van der Waals surface area contributed by atoms with Crippen LogP contribution >= 0.6 is 27.9 Å². The molecule has 3 aromatic rings. The van der Waals surface area contributed by atoms with Gasteiger partial charge in [0, 0.05) is 22.5 Å². The van der Waals surface area contributed by atoms with Gasteiger partial charge in [-0.25, -0.2) is 4.31 Å². The quantitative estimate of drug-likeness (QED) is 0.404. The summed E-state index contributed by atoms with van der Waals surface area (Å²) in [5.41, 5.74) is 7.59. The van der Waals surface area contributed by atoms with Crippen LogP contribution in [0.3, 0.4) is 0 Å². The molecule has 166 valence electrons. The lowest BCUT2D eigenvalue weighted by atomic mass is 9.95. The molecule has 3 nitrogen and oxygen atoms in total. The van der Waals surface area contributed by atoms with E-state index in [1.54, 1.807) is 11.9 Å². The Balaban J connectivity index is 1.51. The van der Waals surface area contributed by atoms with Crippen molar-refractivity contribution in [3.8, 4) is 0 Å². The number of rotatable bonds is 6. The van der Waals surface area contributed by atoms with E-state index in [2.05, 4.69) is 94.9 Å². The second-order valence-electron chi connectivity index (χ2n) is 8.55. The van der Waals surface area contributed by atoms with Crippen molar-refractivity contribution in [2.75, 3.05) is 6.54 Å². The maximum Gasteiger partial charge on any atom is 0.238 e. The third kappa shape index (κ3) is 5.45. The molecule has 0 aliphatic carbocycles. The van der Waals surface area contributed by atoms with Gasteiger partial charge in [-0.15, -0.1) is 0 Å². The average molecular weight is 510 g/mol. The molecule has 0 bridgehead atoms. The van der Waals surface area contributed by atoms with E-state index in [0.29, 0.717) is 6.54 Å². The van der Waals surface area contributed by atoms with Gasteiger partial charge in [0.05, 0.1) is 0 Å². The fourth-order valence-electron chi connectivity index (χ4n) is 4.39. The van der Waals surface area contributed by atoms with Gasteiger partial charge in [0.2, 0.25) is 5.91 Å². The normalized spacial score (nSPS) is 15.9. The molecule has 0 spiro atoms. The predicted octanol–water partition coefficient (Wildman–Crippen LogP) is 6.17. The second kappa shape index (κ2) is 10.2. The first-order valence-corrected chi connectivity index (χ1v) is 12.6. The minimum absolute atomic E-state index is 0.101. The van der Waals surface area contributed by atoms with E-state index in [0.717, 1.165) is 23.9 Å². The maximum atomic E-state index is 13.3. The highest BCUT2D eigenvalue weighted by molar-refractivity contribution is 9.10. The van der Waals surface area contributed by atoms with E-state index >= 15 is 0 Å². The molecule has 1 aliphatic heterocycles. The summed E-state index contributed by atoms with van der Waals surface area (Å²) in [4.78, 5) is 14.6. The number of carbonyl (C=O) groups is 1. The summed E-state index contributed by atoms with van der Waals surface area (Å²) in [5.74, 6) is 0.101. The molecule has 0 radical (unpaired) electrons. The zero-order chi connectivity index (χ0) is 22.7. The van der Waals surface area contributed by atoms with E-state index < -0.39 is 0 Å². The molecule has 3 aromatic carbocycles. The van der Waals surface area contributed by atoms with E-state index in [-0.39, 0.29) is 11.9 Å². The summed E-state index contributed by atoms with van der Waals surface area (Å²) in [6.07, 6.45) is 1.55. The van der Waals surface area contributed by atoms with E-state index in [9.17, 15) is 4.79 Å². The van der Waals surface area contributed by atoms with Crippen LogP contribution in [0, 0.1) is 20.8 Å². The Kier molecular flexibility index (Phi) is 7.39. The van der Waals surface area contributed by atoms with Crippen molar-refractivity contribution in [2.45, 2.75) is 51.1 Å². The number of benzene rings is 3. The van der Waals surface area contributed by atoms with Crippen LogP contribution in [0.1, 0.15) is 33.4 Å². The van der Waals surface area contributed by atoms with Crippen LogP contribution in [0.15, 0.2) is 70.0 Å². The van der Waals surface area contributed by atoms with Gasteiger partial charge in [0.15, 0.2) is 0 Å². The van der Waals surface area contributed by atoms with Crippen LogP contribution in [0.25, 0.3) is 0 Å². The third-order valence-corrected chi connectivity index (χ3v) is 7.86. The van der Waals surface area contributed by atoms with Gasteiger partial charge in [-0.05, 0) is 85.5 Å². The predicted molar refractivity (Wildman–Crippen MR) is 137 cm³/mol. The number of halogens is 1. The second-order valence-corrected chi connectivity index (χ2v) is 10.5. The van der Waals surface area contributed by atoms with E-state index in [1.807, 2.05) is 12.1 Å². The van der Waals surface area contributed by atoms with Crippen LogP contribution in [0.5, 0.6) is 0 Å². The molecule has 0 saturated carbocycles. The van der Waals surface area contributed by atoms with Crippen LogP contribution in [0.4, 0.5) is 0 Å². The van der Waals surface area contributed by atoms with Gasteiger partial charge < -0.3 is 5.32 Å². The molecule has 0 saturated heterocycles. The first kappa shape index (κ1) is 23.1. The summed E-state index contributed by atoms with van der Waals surface area (Å²) in [6.45, 7) is 7.85. The van der Waals surface area contributed by atoms with Crippen molar-refractivity contribution < 1.29 is 4.79 Å². The van der Waals surface area contributed by atoms with Gasteiger partial charge >= 0.3 is 0 Å². The van der Waals surface area contributed by atoms with E-state index in [4.69, 9.17) is 0 Å². The highest BCUT2D eigenvalue weighted by Gasteiger charge is 2.32. The Morgan fingerprint density at radius 1 is 1.03 bits per heavy atom. The van der Waals surface area contributed by atoms with Gasteiger partial charge in [0.1, 0.15) is 6.04 Å². The maximum absolute atomic E-state index is 13.3. The molecule has 1 amide bonds. The van der Waals surface area contributed by atoms with Crippen LogP contribution in [0.2, 0.25) is 0 Å².